The Hall–Kier alpha value is -3.33. The van der Waals surface area contributed by atoms with E-state index in [0.717, 1.165) is 36.9 Å². The standard InChI is InChI=1S/C20H21ClN6O3/c1-11-9-17(24-20(29)23-15-10-12(21)7-8-16(15)30-2)27(26-11)19-22-14-6-4-3-5-13(14)18(28)25-19/h7-10H,3-6H2,1-2H3,(H,22,25,28)(H2,23,24,29). The number of halogens is 1. The fourth-order valence-electron chi connectivity index (χ4n) is 3.49. The number of hydrogen-bond acceptors (Lipinski definition) is 5. The molecule has 0 saturated carbocycles. The number of ether oxygens (including phenoxy) is 1. The summed E-state index contributed by atoms with van der Waals surface area (Å²) in [7, 11) is 1.50. The predicted molar refractivity (Wildman–Crippen MR) is 114 cm³/mol. The van der Waals surface area contributed by atoms with Gasteiger partial charge in [-0.3, -0.25) is 15.1 Å². The number of fused-ring (bicyclic) bond motifs is 1. The molecule has 2 amide bonds. The molecule has 0 saturated heterocycles. The zero-order valence-electron chi connectivity index (χ0n) is 16.6. The van der Waals surface area contributed by atoms with Crippen molar-refractivity contribution in [3.63, 3.8) is 0 Å². The van der Waals surface area contributed by atoms with Crippen LogP contribution < -0.4 is 20.9 Å². The lowest BCUT2D eigenvalue weighted by Crippen LogP contribution is -2.25. The van der Waals surface area contributed by atoms with Crippen molar-refractivity contribution >= 4 is 29.1 Å². The molecule has 9 nitrogen and oxygen atoms in total. The third kappa shape index (κ3) is 4.02. The SMILES string of the molecule is COc1ccc(Cl)cc1NC(=O)Nc1cc(C)nn1-c1nc2c(c(=O)[nH]1)CCCC2. The summed E-state index contributed by atoms with van der Waals surface area (Å²) in [5.41, 5.74) is 2.43. The number of nitrogens with one attached hydrogen (secondary N) is 3. The molecule has 0 bridgehead atoms. The van der Waals surface area contributed by atoms with E-state index >= 15 is 0 Å². The number of methoxy groups -OCH3 is 1. The van der Waals surface area contributed by atoms with Crippen molar-refractivity contribution < 1.29 is 9.53 Å². The highest BCUT2D eigenvalue weighted by molar-refractivity contribution is 6.31. The second-order valence-corrected chi connectivity index (χ2v) is 7.46. The summed E-state index contributed by atoms with van der Waals surface area (Å²) >= 11 is 6.02. The molecule has 3 N–H and O–H groups in total. The van der Waals surface area contributed by atoms with Gasteiger partial charge in [0.2, 0.25) is 5.95 Å². The van der Waals surface area contributed by atoms with E-state index in [1.807, 2.05) is 0 Å². The first-order chi connectivity index (χ1) is 14.4. The van der Waals surface area contributed by atoms with Crippen molar-refractivity contribution in [3.8, 4) is 11.7 Å². The van der Waals surface area contributed by atoms with Crippen molar-refractivity contribution in [2.45, 2.75) is 32.6 Å². The molecule has 1 aromatic carbocycles. The van der Waals surface area contributed by atoms with Crippen molar-refractivity contribution in [1.82, 2.24) is 19.7 Å². The number of anilines is 2. The number of carbonyl (C=O) groups is 1. The third-order valence-corrected chi connectivity index (χ3v) is 5.10. The Kier molecular flexibility index (Phi) is 5.45. The first kappa shape index (κ1) is 20.0. The van der Waals surface area contributed by atoms with E-state index in [2.05, 4.69) is 25.7 Å². The van der Waals surface area contributed by atoms with E-state index < -0.39 is 6.03 Å². The average molecular weight is 429 g/mol. The molecule has 2 aromatic heterocycles. The molecule has 3 aromatic rings. The maximum Gasteiger partial charge on any atom is 0.324 e. The summed E-state index contributed by atoms with van der Waals surface area (Å²) in [6.07, 6.45) is 3.46. The van der Waals surface area contributed by atoms with Crippen LogP contribution >= 0.6 is 11.6 Å². The van der Waals surface area contributed by atoms with Gasteiger partial charge in [0.1, 0.15) is 11.6 Å². The van der Waals surface area contributed by atoms with Crippen molar-refractivity contribution in [2.75, 3.05) is 17.7 Å². The maximum atomic E-state index is 12.6. The summed E-state index contributed by atoms with van der Waals surface area (Å²) in [5.74, 6) is 1.11. The first-order valence-electron chi connectivity index (χ1n) is 9.55. The molecule has 0 unspecified atom stereocenters. The molecule has 2 heterocycles. The Morgan fingerprint density at radius 3 is 2.83 bits per heavy atom. The molecule has 1 aliphatic carbocycles. The normalized spacial score (nSPS) is 12.9. The molecule has 0 aliphatic heterocycles. The van der Waals surface area contributed by atoms with Crippen LogP contribution in [0.5, 0.6) is 5.75 Å². The second kappa shape index (κ2) is 8.19. The first-order valence-corrected chi connectivity index (χ1v) is 9.93. The number of aryl methyl sites for hydroxylation is 2. The molecule has 0 radical (unpaired) electrons. The van der Waals surface area contributed by atoms with Crippen LogP contribution in [0.3, 0.4) is 0 Å². The third-order valence-electron chi connectivity index (χ3n) is 4.86. The van der Waals surface area contributed by atoms with Crippen LogP contribution in [0.4, 0.5) is 16.3 Å². The van der Waals surface area contributed by atoms with E-state index in [4.69, 9.17) is 16.3 Å². The molecular formula is C20H21ClN6O3. The molecule has 1 aliphatic rings. The zero-order chi connectivity index (χ0) is 21.3. The number of benzene rings is 1. The van der Waals surface area contributed by atoms with Crippen molar-refractivity contribution in [2.24, 2.45) is 0 Å². The molecule has 0 fully saturated rings. The van der Waals surface area contributed by atoms with Crippen LogP contribution in [0, 0.1) is 6.92 Å². The lowest BCUT2D eigenvalue weighted by atomic mass is 9.97. The van der Waals surface area contributed by atoms with Crippen molar-refractivity contribution in [1.29, 1.82) is 0 Å². The minimum absolute atomic E-state index is 0.165. The van der Waals surface area contributed by atoms with Gasteiger partial charge in [0, 0.05) is 16.7 Å². The molecular weight excluding hydrogens is 408 g/mol. The van der Waals surface area contributed by atoms with Crippen LogP contribution in [0.15, 0.2) is 29.1 Å². The number of nitrogens with zero attached hydrogens (tertiary/aromatic N) is 3. The Balaban J connectivity index is 1.62. The Bertz CT molecular complexity index is 1170. The van der Waals surface area contributed by atoms with E-state index in [0.29, 0.717) is 28.0 Å². The summed E-state index contributed by atoms with van der Waals surface area (Å²) in [5, 5.41) is 10.3. The number of H-pyrrole nitrogens is 1. The van der Waals surface area contributed by atoms with Gasteiger partial charge in [-0.2, -0.15) is 9.78 Å². The fraction of sp³-hybridized carbons (Fsp3) is 0.300. The minimum atomic E-state index is -0.517. The summed E-state index contributed by atoms with van der Waals surface area (Å²) in [6, 6.07) is 6.09. The number of aromatic nitrogens is 4. The highest BCUT2D eigenvalue weighted by Gasteiger charge is 2.19. The maximum absolute atomic E-state index is 12.6. The van der Waals surface area contributed by atoms with E-state index in [-0.39, 0.29) is 11.5 Å². The molecule has 10 heteroatoms. The molecule has 4 rings (SSSR count). The van der Waals surface area contributed by atoms with Gasteiger partial charge in [0.15, 0.2) is 0 Å². The van der Waals surface area contributed by atoms with E-state index in [1.165, 1.54) is 11.8 Å². The van der Waals surface area contributed by atoms with Gasteiger partial charge < -0.3 is 10.1 Å². The van der Waals surface area contributed by atoms with Crippen LogP contribution in [0.2, 0.25) is 5.02 Å². The monoisotopic (exact) mass is 428 g/mol. The van der Waals surface area contributed by atoms with Crippen LogP contribution in [-0.4, -0.2) is 32.9 Å². The number of urea groups is 1. The topological polar surface area (TPSA) is 114 Å². The number of aromatic amines is 1. The van der Waals surface area contributed by atoms with Crippen LogP contribution in [0.1, 0.15) is 29.8 Å². The number of carbonyl (C=O) groups excluding carboxylic acids is 1. The van der Waals surface area contributed by atoms with E-state index in [9.17, 15) is 9.59 Å². The van der Waals surface area contributed by atoms with Gasteiger partial charge in [0.25, 0.3) is 5.56 Å². The van der Waals surface area contributed by atoms with Gasteiger partial charge in [-0.05, 0) is 50.8 Å². The summed E-state index contributed by atoms with van der Waals surface area (Å²) in [4.78, 5) is 32.4. The quantitative estimate of drug-likeness (QED) is 0.588. The molecule has 0 atom stereocenters. The summed E-state index contributed by atoms with van der Waals surface area (Å²) in [6.45, 7) is 1.79. The van der Waals surface area contributed by atoms with Crippen LogP contribution in [0.25, 0.3) is 5.95 Å². The highest BCUT2D eigenvalue weighted by atomic mass is 35.5. The van der Waals surface area contributed by atoms with Gasteiger partial charge in [-0.25, -0.2) is 9.78 Å². The highest BCUT2D eigenvalue weighted by Crippen LogP contribution is 2.28. The van der Waals surface area contributed by atoms with Crippen molar-refractivity contribution in [3.05, 3.63) is 56.6 Å². The Labute approximate surface area is 177 Å². The fourth-order valence-corrected chi connectivity index (χ4v) is 3.66. The Morgan fingerprint density at radius 1 is 1.23 bits per heavy atom. The van der Waals surface area contributed by atoms with Gasteiger partial charge >= 0.3 is 6.03 Å². The van der Waals surface area contributed by atoms with Gasteiger partial charge in [-0.15, -0.1) is 0 Å². The predicted octanol–water partition coefficient (Wildman–Crippen LogP) is 3.45. The number of amides is 2. The summed E-state index contributed by atoms with van der Waals surface area (Å²) < 4.78 is 6.66. The average Bonchev–Trinajstić information content (AvgIpc) is 3.08. The largest absolute Gasteiger partial charge is 0.495 e. The molecule has 30 heavy (non-hydrogen) atoms. The van der Waals surface area contributed by atoms with Crippen LogP contribution in [-0.2, 0) is 12.8 Å². The second-order valence-electron chi connectivity index (χ2n) is 7.03. The number of hydrogen-bond donors (Lipinski definition) is 3. The number of rotatable bonds is 4. The lowest BCUT2D eigenvalue weighted by molar-refractivity contribution is 0.262. The van der Waals surface area contributed by atoms with E-state index in [1.54, 1.807) is 31.2 Å². The smallest absolute Gasteiger partial charge is 0.324 e. The molecule has 0 spiro atoms. The van der Waals surface area contributed by atoms with Gasteiger partial charge in [0.05, 0.1) is 24.2 Å². The minimum Gasteiger partial charge on any atom is -0.495 e. The molecule has 156 valence electrons. The zero-order valence-corrected chi connectivity index (χ0v) is 17.3. The lowest BCUT2D eigenvalue weighted by Gasteiger charge is -2.15. The Morgan fingerprint density at radius 2 is 2.03 bits per heavy atom. The van der Waals surface area contributed by atoms with Gasteiger partial charge in [-0.1, -0.05) is 11.6 Å².